The van der Waals surface area contributed by atoms with Crippen LogP contribution in [0.15, 0.2) is 24.3 Å². The number of nitrogens with one attached hydrogen (secondary N) is 2. The molecule has 2 N–H and O–H groups in total. The van der Waals surface area contributed by atoms with Crippen molar-refractivity contribution in [2.45, 2.75) is 45.0 Å². The van der Waals surface area contributed by atoms with Gasteiger partial charge in [-0.3, -0.25) is 0 Å². The fourth-order valence-electron chi connectivity index (χ4n) is 3.33. The zero-order chi connectivity index (χ0) is 16.9. The van der Waals surface area contributed by atoms with E-state index in [0.29, 0.717) is 6.54 Å². The first-order valence-electron chi connectivity index (χ1n) is 8.77. The van der Waals surface area contributed by atoms with Crippen LogP contribution in [0.2, 0.25) is 0 Å². The fourth-order valence-corrected chi connectivity index (χ4v) is 3.33. The van der Waals surface area contributed by atoms with Crippen LogP contribution in [0.3, 0.4) is 0 Å². The normalized spacial score (nSPS) is 27.1. The van der Waals surface area contributed by atoms with Gasteiger partial charge >= 0.3 is 6.03 Å². The van der Waals surface area contributed by atoms with Gasteiger partial charge in [0.05, 0.1) is 18.3 Å². The van der Waals surface area contributed by atoms with E-state index >= 15 is 0 Å². The molecule has 6 nitrogen and oxygen atoms in total. The van der Waals surface area contributed by atoms with E-state index < -0.39 is 0 Å². The van der Waals surface area contributed by atoms with Gasteiger partial charge in [-0.05, 0) is 51.0 Å². The molecule has 2 fully saturated rings. The van der Waals surface area contributed by atoms with Crippen molar-refractivity contribution < 1.29 is 14.3 Å². The van der Waals surface area contributed by atoms with E-state index in [1.807, 2.05) is 24.3 Å². The highest BCUT2D eigenvalue weighted by Crippen LogP contribution is 2.22. The Hall–Kier alpha value is -1.79. The van der Waals surface area contributed by atoms with Gasteiger partial charge in [-0.15, -0.1) is 0 Å². The van der Waals surface area contributed by atoms with Crippen LogP contribution in [0, 0.1) is 0 Å². The number of hydrogen-bond acceptors (Lipinski definition) is 4. The molecule has 2 aliphatic heterocycles. The number of benzene rings is 1. The van der Waals surface area contributed by atoms with Crippen LogP contribution in [-0.4, -0.2) is 50.6 Å². The van der Waals surface area contributed by atoms with Crippen molar-refractivity contribution >= 4 is 17.4 Å². The third kappa shape index (κ3) is 4.61. The molecule has 1 aromatic carbocycles. The van der Waals surface area contributed by atoms with Crippen molar-refractivity contribution in [1.82, 2.24) is 5.32 Å². The van der Waals surface area contributed by atoms with Crippen molar-refractivity contribution in [3.8, 4) is 0 Å². The number of ether oxygens (including phenoxy) is 2. The Balaban J connectivity index is 1.49. The Bertz CT molecular complexity index is 533. The van der Waals surface area contributed by atoms with Gasteiger partial charge in [-0.2, -0.15) is 0 Å². The SMILES string of the molecule is CC1CN(c2ccc(NC(=O)NCC3CCCO3)cc2)CC(C)O1. The van der Waals surface area contributed by atoms with E-state index in [4.69, 9.17) is 9.47 Å². The van der Waals surface area contributed by atoms with Crippen molar-refractivity contribution in [1.29, 1.82) is 0 Å². The van der Waals surface area contributed by atoms with Crippen LogP contribution in [0.4, 0.5) is 16.2 Å². The van der Waals surface area contributed by atoms with Crippen molar-refractivity contribution in [3.63, 3.8) is 0 Å². The van der Waals surface area contributed by atoms with Crippen LogP contribution in [0.1, 0.15) is 26.7 Å². The molecule has 2 amide bonds. The second kappa shape index (κ2) is 7.85. The summed E-state index contributed by atoms with van der Waals surface area (Å²) in [5.74, 6) is 0. The average molecular weight is 333 g/mol. The van der Waals surface area contributed by atoms with Crippen LogP contribution in [-0.2, 0) is 9.47 Å². The molecule has 0 saturated carbocycles. The summed E-state index contributed by atoms with van der Waals surface area (Å²) in [6.07, 6.45) is 2.72. The zero-order valence-corrected chi connectivity index (χ0v) is 14.5. The molecule has 0 radical (unpaired) electrons. The molecule has 132 valence electrons. The number of hydrogen-bond donors (Lipinski definition) is 2. The molecule has 2 heterocycles. The summed E-state index contributed by atoms with van der Waals surface area (Å²) in [5, 5.41) is 5.73. The maximum Gasteiger partial charge on any atom is 0.319 e. The molecule has 24 heavy (non-hydrogen) atoms. The number of amides is 2. The Morgan fingerprint density at radius 3 is 2.54 bits per heavy atom. The molecule has 2 saturated heterocycles. The lowest BCUT2D eigenvalue weighted by molar-refractivity contribution is -0.00521. The Morgan fingerprint density at radius 1 is 1.21 bits per heavy atom. The van der Waals surface area contributed by atoms with E-state index in [0.717, 1.165) is 43.9 Å². The number of carbonyl (C=O) groups excluding carboxylic acids is 1. The average Bonchev–Trinajstić information content (AvgIpc) is 3.06. The molecule has 0 aromatic heterocycles. The minimum absolute atomic E-state index is 0.156. The highest BCUT2D eigenvalue weighted by atomic mass is 16.5. The minimum Gasteiger partial charge on any atom is -0.376 e. The summed E-state index contributed by atoms with van der Waals surface area (Å²) in [6.45, 7) is 7.33. The van der Waals surface area contributed by atoms with Crippen molar-refractivity contribution in [2.24, 2.45) is 0 Å². The van der Waals surface area contributed by atoms with Gasteiger partial charge in [0.2, 0.25) is 0 Å². The third-order valence-electron chi connectivity index (χ3n) is 4.42. The molecule has 3 unspecified atom stereocenters. The number of morpholine rings is 1. The minimum atomic E-state index is -0.188. The van der Waals surface area contributed by atoms with Crippen LogP contribution < -0.4 is 15.5 Å². The Kier molecular flexibility index (Phi) is 5.58. The number of anilines is 2. The highest BCUT2D eigenvalue weighted by molar-refractivity contribution is 5.89. The highest BCUT2D eigenvalue weighted by Gasteiger charge is 2.22. The molecular formula is C18H27N3O3. The standard InChI is InChI=1S/C18H27N3O3/c1-13-11-21(12-14(2)24-13)16-7-5-15(6-8-16)20-18(22)19-10-17-4-3-9-23-17/h5-8,13-14,17H,3-4,9-12H2,1-2H3,(H2,19,20,22). The first kappa shape index (κ1) is 17.0. The van der Waals surface area contributed by atoms with Crippen LogP contribution in [0.25, 0.3) is 0 Å². The summed E-state index contributed by atoms with van der Waals surface area (Å²) in [4.78, 5) is 14.3. The van der Waals surface area contributed by atoms with Gasteiger partial charge in [-0.1, -0.05) is 0 Å². The third-order valence-corrected chi connectivity index (χ3v) is 4.42. The predicted octanol–water partition coefficient (Wildman–Crippen LogP) is 2.60. The fraction of sp³-hybridized carbons (Fsp3) is 0.611. The Labute approximate surface area is 143 Å². The lowest BCUT2D eigenvalue weighted by Gasteiger charge is -2.36. The molecule has 2 aliphatic rings. The summed E-state index contributed by atoms with van der Waals surface area (Å²) < 4.78 is 11.3. The summed E-state index contributed by atoms with van der Waals surface area (Å²) in [5.41, 5.74) is 1.94. The number of nitrogens with zero attached hydrogens (tertiary/aromatic N) is 1. The molecule has 3 rings (SSSR count). The number of rotatable bonds is 4. The molecule has 0 spiro atoms. The topological polar surface area (TPSA) is 62.8 Å². The summed E-state index contributed by atoms with van der Waals surface area (Å²) in [7, 11) is 0. The van der Waals surface area contributed by atoms with E-state index in [1.165, 1.54) is 0 Å². The maximum absolute atomic E-state index is 11.9. The van der Waals surface area contributed by atoms with E-state index in [1.54, 1.807) is 0 Å². The van der Waals surface area contributed by atoms with Gasteiger partial charge in [0, 0.05) is 37.6 Å². The molecule has 0 bridgehead atoms. The smallest absolute Gasteiger partial charge is 0.319 e. The van der Waals surface area contributed by atoms with Crippen LogP contribution in [0.5, 0.6) is 0 Å². The van der Waals surface area contributed by atoms with Crippen molar-refractivity contribution in [2.75, 3.05) is 36.5 Å². The first-order chi connectivity index (χ1) is 11.6. The number of urea groups is 1. The predicted molar refractivity (Wildman–Crippen MR) is 94.7 cm³/mol. The first-order valence-corrected chi connectivity index (χ1v) is 8.77. The zero-order valence-electron chi connectivity index (χ0n) is 14.5. The van der Waals surface area contributed by atoms with E-state index in [2.05, 4.69) is 29.4 Å². The largest absolute Gasteiger partial charge is 0.376 e. The monoisotopic (exact) mass is 333 g/mol. The van der Waals surface area contributed by atoms with Crippen LogP contribution >= 0.6 is 0 Å². The lowest BCUT2D eigenvalue weighted by Crippen LogP contribution is -2.45. The Morgan fingerprint density at radius 2 is 1.92 bits per heavy atom. The van der Waals surface area contributed by atoms with Gasteiger partial charge in [0.15, 0.2) is 0 Å². The molecule has 1 aromatic rings. The van der Waals surface area contributed by atoms with E-state index in [9.17, 15) is 4.79 Å². The van der Waals surface area contributed by atoms with Gasteiger partial charge in [0.25, 0.3) is 0 Å². The summed E-state index contributed by atoms with van der Waals surface area (Å²) in [6, 6.07) is 7.77. The summed E-state index contributed by atoms with van der Waals surface area (Å²) >= 11 is 0. The van der Waals surface area contributed by atoms with Gasteiger partial charge in [0.1, 0.15) is 0 Å². The quantitative estimate of drug-likeness (QED) is 0.889. The van der Waals surface area contributed by atoms with E-state index in [-0.39, 0.29) is 24.3 Å². The second-order valence-corrected chi connectivity index (χ2v) is 6.68. The van der Waals surface area contributed by atoms with Gasteiger partial charge in [-0.25, -0.2) is 4.79 Å². The number of carbonyl (C=O) groups is 1. The molecular weight excluding hydrogens is 306 g/mol. The molecule has 6 heteroatoms. The molecule has 0 aliphatic carbocycles. The lowest BCUT2D eigenvalue weighted by atomic mass is 10.2. The maximum atomic E-state index is 11.9. The second-order valence-electron chi connectivity index (χ2n) is 6.68. The molecule has 3 atom stereocenters. The van der Waals surface area contributed by atoms with Gasteiger partial charge < -0.3 is 25.0 Å². The van der Waals surface area contributed by atoms with Crippen molar-refractivity contribution in [3.05, 3.63) is 24.3 Å².